The number of carbonyl (C=O) groups excluding carboxylic acids is 1. The van der Waals surface area contributed by atoms with Gasteiger partial charge < -0.3 is 24.1 Å². The number of rotatable bonds is 7. The van der Waals surface area contributed by atoms with Crippen molar-refractivity contribution in [3.8, 4) is 28.6 Å². The summed E-state index contributed by atoms with van der Waals surface area (Å²) in [4.78, 5) is 12.4. The first kappa shape index (κ1) is 22.4. The van der Waals surface area contributed by atoms with Crippen molar-refractivity contribution in [3.63, 3.8) is 0 Å². The highest BCUT2D eigenvalue weighted by molar-refractivity contribution is 6.02. The van der Waals surface area contributed by atoms with Crippen molar-refractivity contribution in [2.24, 2.45) is 0 Å². The van der Waals surface area contributed by atoms with Gasteiger partial charge in [-0.1, -0.05) is 6.42 Å². The molecule has 1 N–H and O–H groups in total. The Hall–Kier alpha value is -3.81. The van der Waals surface area contributed by atoms with Gasteiger partial charge in [0.15, 0.2) is 17.3 Å². The number of hydrogen-bond acceptors (Lipinski definition) is 6. The maximum Gasteiger partial charge on any atom is 0.248 e. The third kappa shape index (κ3) is 5.00. The fourth-order valence-corrected chi connectivity index (χ4v) is 3.95. The van der Waals surface area contributed by atoms with Crippen molar-refractivity contribution in [1.82, 2.24) is 14.8 Å². The molecule has 0 bridgehead atoms. The van der Waals surface area contributed by atoms with Crippen LogP contribution < -0.4 is 19.5 Å². The molecule has 0 aliphatic carbocycles. The van der Waals surface area contributed by atoms with Crippen LogP contribution >= 0.6 is 0 Å². The quantitative estimate of drug-likeness (QED) is 0.541. The lowest BCUT2D eigenvalue weighted by Crippen LogP contribution is -2.07. The molecule has 2 aromatic carbocycles. The van der Waals surface area contributed by atoms with E-state index in [1.165, 1.54) is 12.5 Å². The minimum absolute atomic E-state index is 0.243. The first-order valence-corrected chi connectivity index (χ1v) is 10.9. The molecule has 0 saturated heterocycles. The number of nitrogens with one attached hydrogen (secondary N) is 1. The van der Waals surface area contributed by atoms with Gasteiger partial charge in [-0.15, -0.1) is 10.2 Å². The molecule has 172 valence electrons. The van der Waals surface area contributed by atoms with E-state index in [4.69, 9.17) is 14.2 Å². The van der Waals surface area contributed by atoms with Gasteiger partial charge >= 0.3 is 0 Å². The summed E-state index contributed by atoms with van der Waals surface area (Å²) in [6.07, 6.45) is 7.65. The smallest absolute Gasteiger partial charge is 0.248 e. The van der Waals surface area contributed by atoms with Crippen LogP contribution in [-0.4, -0.2) is 42.0 Å². The van der Waals surface area contributed by atoms with Crippen LogP contribution in [0.25, 0.3) is 17.5 Å². The van der Waals surface area contributed by atoms with Crippen LogP contribution in [0, 0.1) is 0 Å². The molecule has 0 spiro atoms. The molecule has 1 aliphatic heterocycles. The highest BCUT2D eigenvalue weighted by Crippen LogP contribution is 2.38. The number of benzene rings is 2. The SMILES string of the molecule is COc1cc(C=CC(=O)Nc2ccc(-c3nnc4n3CCCCC4)cc2)cc(OC)c1OC. The van der Waals surface area contributed by atoms with Crippen LogP contribution in [0.1, 0.15) is 30.7 Å². The van der Waals surface area contributed by atoms with Gasteiger partial charge in [0.2, 0.25) is 11.7 Å². The van der Waals surface area contributed by atoms with Crippen molar-refractivity contribution < 1.29 is 19.0 Å². The predicted octanol–water partition coefficient (Wildman–Crippen LogP) is 4.35. The number of fused-ring (bicyclic) bond motifs is 1. The number of aromatic nitrogens is 3. The molecular formula is C25H28N4O4. The van der Waals surface area contributed by atoms with Crippen LogP contribution in [-0.2, 0) is 17.8 Å². The van der Waals surface area contributed by atoms with Gasteiger partial charge in [-0.05, 0) is 60.9 Å². The predicted molar refractivity (Wildman–Crippen MR) is 127 cm³/mol. The fourth-order valence-electron chi connectivity index (χ4n) is 3.95. The summed E-state index contributed by atoms with van der Waals surface area (Å²) in [5.41, 5.74) is 2.44. The van der Waals surface area contributed by atoms with Crippen LogP contribution in [0.3, 0.4) is 0 Å². The Kier molecular flexibility index (Phi) is 6.92. The molecule has 0 atom stereocenters. The van der Waals surface area contributed by atoms with E-state index in [2.05, 4.69) is 20.1 Å². The lowest BCUT2D eigenvalue weighted by Gasteiger charge is -2.12. The molecule has 1 amide bonds. The Balaban J connectivity index is 1.44. The fraction of sp³-hybridized carbons (Fsp3) is 0.320. The zero-order valence-corrected chi connectivity index (χ0v) is 19.1. The van der Waals surface area contributed by atoms with E-state index in [0.717, 1.165) is 48.6 Å². The molecule has 0 unspecified atom stereocenters. The van der Waals surface area contributed by atoms with E-state index in [-0.39, 0.29) is 5.91 Å². The number of hydrogen-bond donors (Lipinski definition) is 1. The summed E-state index contributed by atoms with van der Waals surface area (Å²) in [7, 11) is 4.66. The molecule has 4 rings (SSSR count). The third-order valence-corrected chi connectivity index (χ3v) is 5.63. The number of anilines is 1. The van der Waals surface area contributed by atoms with E-state index >= 15 is 0 Å². The average molecular weight is 449 g/mol. The lowest BCUT2D eigenvalue weighted by molar-refractivity contribution is -0.111. The van der Waals surface area contributed by atoms with Crippen molar-refractivity contribution in [3.05, 3.63) is 53.9 Å². The van der Waals surface area contributed by atoms with Gasteiger partial charge in [0.05, 0.1) is 21.3 Å². The number of amides is 1. The number of nitrogens with zero attached hydrogens (tertiary/aromatic N) is 3. The molecule has 0 radical (unpaired) electrons. The minimum Gasteiger partial charge on any atom is -0.493 e. The largest absolute Gasteiger partial charge is 0.493 e. The molecule has 8 nitrogen and oxygen atoms in total. The summed E-state index contributed by atoms with van der Waals surface area (Å²) in [6, 6.07) is 11.2. The second-order valence-corrected chi connectivity index (χ2v) is 7.76. The molecule has 2 heterocycles. The topological polar surface area (TPSA) is 87.5 Å². The molecular weight excluding hydrogens is 420 g/mol. The normalized spacial score (nSPS) is 13.3. The van der Waals surface area contributed by atoms with Gasteiger partial charge in [0.25, 0.3) is 0 Å². The van der Waals surface area contributed by atoms with E-state index in [1.807, 2.05) is 24.3 Å². The molecule has 0 saturated carbocycles. The first-order valence-electron chi connectivity index (χ1n) is 10.9. The van der Waals surface area contributed by atoms with Gasteiger partial charge in [-0.25, -0.2) is 0 Å². The highest BCUT2D eigenvalue weighted by Gasteiger charge is 2.16. The molecule has 1 aromatic heterocycles. The summed E-state index contributed by atoms with van der Waals surface area (Å²) in [6.45, 7) is 0.946. The lowest BCUT2D eigenvalue weighted by atomic mass is 10.1. The molecule has 8 heteroatoms. The Labute approximate surface area is 193 Å². The van der Waals surface area contributed by atoms with Crippen molar-refractivity contribution in [1.29, 1.82) is 0 Å². The number of ether oxygens (including phenoxy) is 3. The third-order valence-electron chi connectivity index (χ3n) is 5.63. The maximum atomic E-state index is 12.4. The van der Waals surface area contributed by atoms with Crippen molar-refractivity contribution in [2.75, 3.05) is 26.6 Å². The van der Waals surface area contributed by atoms with E-state index in [9.17, 15) is 4.79 Å². The average Bonchev–Trinajstić information content (AvgIpc) is 3.10. The van der Waals surface area contributed by atoms with Crippen molar-refractivity contribution in [2.45, 2.75) is 32.2 Å². The Morgan fingerprint density at radius 2 is 1.70 bits per heavy atom. The number of carbonyl (C=O) groups is 1. The van der Waals surface area contributed by atoms with Gasteiger partial charge in [0, 0.05) is 30.3 Å². The highest BCUT2D eigenvalue weighted by atomic mass is 16.5. The van der Waals surface area contributed by atoms with E-state index in [1.54, 1.807) is 39.5 Å². The monoisotopic (exact) mass is 448 g/mol. The summed E-state index contributed by atoms with van der Waals surface area (Å²) in [5.74, 6) is 3.25. The maximum absolute atomic E-state index is 12.4. The summed E-state index contributed by atoms with van der Waals surface area (Å²) >= 11 is 0. The molecule has 0 fully saturated rings. The van der Waals surface area contributed by atoms with Gasteiger partial charge in [-0.3, -0.25) is 4.79 Å². The first-order chi connectivity index (χ1) is 16.1. The van der Waals surface area contributed by atoms with Crippen LogP contribution in [0.15, 0.2) is 42.5 Å². The molecule has 33 heavy (non-hydrogen) atoms. The van der Waals surface area contributed by atoms with Gasteiger partial charge in [-0.2, -0.15) is 0 Å². The van der Waals surface area contributed by atoms with Crippen molar-refractivity contribution >= 4 is 17.7 Å². The second kappa shape index (κ2) is 10.2. The standard InChI is InChI=1S/C25H28N4O4/c1-31-20-15-17(16-21(32-2)24(20)33-3)8-13-23(30)26-19-11-9-18(10-12-19)25-28-27-22-7-5-4-6-14-29(22)25/h8-13,15-16H,4-7,14H2,1-3H3,(H,26,30). The van der Waals surface area contributed by atoms with Crippen LogP contribution in [0.4, 0.5) is 5.69 Å². The number of aryl methyl sites for hydroxylation is 1. The van der Waals surface area contributed by atoms with E-state index in [0.29, 0.717) is 22.9 Å². The Morgan fingerprint density at radius 1 is 0.970 bits per heavy atom. The molecule has 1 aliphatic rings. The van der Waals surface area contributed by atoms with Gasteiger partial charge in [0.1, 0.15) is 5.82 Å². The summed E-state index contributed by atoms with van der Waals surface area (Å²) in [5, 5.41) is 11.6. The Morgan fingerprint density at radius 3 is 2.36 bits per heavy atom. The summed E-state index contributed by atoms with van der Waals surface area (Å²) < 4.78 is 18.2. The second-order valence-electron chi connectivity index (χ2n) is 7.76. The number of methoxy groups -OCH3 is 3. The zero-order valence-electron chi connectivity index (χ0n) is 19.1. The zero-order chi connectivity index (χ0) is 23.2. The van der Waals surface area contributed by atoms with Crippen LogP contribution in [0.2, 0.25) is 0 Å². The van der Waals surface area contributed by atoms with E-state index < -0.39 is 0 Å². The van der Waals surface area contributed by atoms with Crippen LogP contribution in [0.5, 0.6) is 17.2 Å². The molecule has 3 aromatic rings. The Bertz CT molecular complexity index is 1130. The minimum atomic E-state index is -0.243.